The summed E-state index contributed by atoms with van der Waals surface area (Å²) in [6, 6.07) is 92.2. The summed E-state index contributed by atoms with van der Waals surface area (Å²) in [5.74, 6) is 0. The molecule has 0 heterocycles. The molecule has 0 spiro atoms. The third kappa shape index (κ3) is 5.93. The van der Waals surface area contributed by atoms with Gasteiger partial charge in [-0.3, -0.25) is 0 Å². The van der Waals surface area contributed by atoms with Crippen molar-refractivity contribution in [2.45, 2.75) is 24.7 Å². The van der Waals surface area contributed by atoms with Crippen molar-refractivity contribution in [3.8, 4) is 55.6 Å². The van der Waals surface area contributed by atoms with E-state index in [0.717, 1.165) is 17.1 Å². The summed E-state index contributed by atoms with van der Waals surface area (Å²) >= 11 is 0. The molecule has 0 N–H and O–H groups in total. The fourth-order valence-electron chi connectivity index (χ4n) is 11.3. The van der Waals surface area contributed by atoms with E-state index >= 15 is 0 Å². The number of hydrogen-bond acceptors (Lipinski definition) is 1. The van der Waals surface area contributed by atoms with Crippen molar-refractivity contribution in [2.24, 2.45) is 0 Å². The van der Waals surface area contributed by atoms with E-state index in [4.69, 9.17) is 0 Å². The normalized spacial score (nSPS) is 13.6. The Bertz CT molecular complexity index is 3350. The Labute approximate surface area is 382 Å². The minimum atomic E-state index is -0.549. The molecule has 12 rings (SSSR count). The Morgan fingerprint density at radius 1 is 0.292 bits per heavy atom. The van der Waals surface area contributed by atoms with Crippen LogP contribution in [0.5, 0.6) is 0 Å². The molecule has 0 amide bonds. The van der Waals surface area contributed by atoms with Crippen molar-refractivity contribution in [2.75, 3.05) is 4.90 Å². The van der Waals surface area contributed by atoms with Crippen molar-refractivity contribution in [3.05, 3.63) is 282 Å². The van der Waals surface area contributed by atoms with Gasteiger partial charge in [0.15, 0.2) is 0 Å². The van der Waals surface area contributed by atoms with E-state index in [1.54, 1.807) is 0 Å². The summed E-state index contributed by atoms with van der Waals surface area (Å²) < 4.78 is 0. The topological polar surface area (TPSA) is 3.24 Å². The van der Waals surface area contributed by atoms with Crippen LogP contribution in [0.1, 0.15) is 47.2 Å². The van der Waals surface area contributed by atoms with Gasteiger partial charge in [0.1, 0.15) is 0 Å². The van der Waals surface area contributed by atoms with Gasteiger partial charge in [-0.1, -0.05) is 238 Å². The zero-order chi connectivity index (χ0) is 43.5. The molecule has 10 aromatic rings. The summed E-state index contributed by atoms with van der Waals surface area (Å²) in [6.45, 7) is 4.77. The molecule has 0 atom stereocenters. The molecule has 1 heteroatoms. The van der Waals surface area contributed by atoms with Crippen molar-refractivity contribution in [1.29, 1.82) is 0 Å². The average molecular weight is 830 g/mol. The smallest absolute Gasteiger partial charge is 0.0714 e. The molecule has 308 valence electrons. The van der Waals surface area contributed by atoms with Gasteiger partial charge >= 0.3 is 0 Å². The summed E-state index contributed by atoms with van der Waals surface area (Å²) in [4.78, 5) is 2.59. The van der Waals surface area contributed by atoms with E-state index in [1.165, 1.54) is 89.0 Å². The molecule has 0 radical (unpaired) electrons. The lowest BCUT2D eigenvalue weighted by Gasteiger charge is -2.35. The summed E-state index contributed by atoms with van der Waals surface area (Å²) in [7, 11) is 0. The number of hydrogen-bond donors (Lipinski definition) is 0. The quantitative estimate of drug-likeness (QED) is 0.147. The first-order valence-corrected chi connectivity index (χ1v) is 22.8. The second kappa shape index (κ2) is 15.4. The predicted molar refractivity (Wildman–Crippen MR) is 272 cm³/mol. The molecule has 10 aromatic carbocycles. The van der Waals surface area contributed by atoms with Gasteiger partial charge < -0.3 is 4.90 Å². The molecule has 2 aliphatic carbocycles. The standard InChI is InChI=1S/C64H47N/c1-63(2)55-36-19-17-32-51(55)52-42-41-48(43-58(52)63)65(59-39-21-35-50(45-25-9-4-10-26-45)61(59)53-33-16-15-31-49(53)44-23-7-3-8-24-44)60-40-22-38-57-62(60)54-34-18-20-37-56(54)64(57,46-27-11-5-12-28-46)47-29-13-6-14-30-47/h3-43H,1-2H3. The summed E-state index contributed by atoms with van der Waals surface area (Å²) in [5.41, 5.74) is 22.6. The molecular formula is C64H47N. The highest BCUT2D eigenvalue weighted by molar-refractivity contribution is 6.04. The Balaban J connectivity index is 1.21. The number of rotatable bonds is 8. The van der Waals surface area contributed by atoms with Gasteiger partial charge in [-0.25, -0.2) is 0 Å². The van der Waals surface area contributed by atoms with Crippen LogP contribution in [-0.2, 0) is 10.8 Å². The van der Waals surface area contributed by atoms with Crippen LogP contribution in [0.25, 0.3) is 55.6 Å². The third-order valence-electron chi connectivity index (χ3n) is 14.2. The first-order chi connectivity index (χ1) is 32.0. The maximum Gasteiger partial charge on any atom is 0.0714 e. The van der Waals surface area contributed by atoms with Crippen molar-refractivity contribution in [3.63, 3.8) is 0 Å². The molecule has 2 aliphatic rings. The highest BCUT2D eigenvalue weighted by Crippen LogP contribution is 2.61. The fraction of sp³-hybridized carbons (Fsp3) is 0.0625. The highest BCUT2D eigenvalue weighted by Gasteiger charge is 2.47. The van der Waals surface area contributed by atoms with Gasteiger partial charge in [0, 0.05) is 22.2 Å². The maximum atomic E-state index is 2.59. The lowest BCUT2D eigenvalue weighted by Crippen LogP contribution is -2.28. The van der Waals surface area contributed by atoms with Crippen LogP contribution in [-0.4, -0.2) is 0 Å². The van der Waals surface area contributed by atoms with Gasteiger partial charge in [-0.15, -0.1) is 0 Å². The van der Waals surface area contributed by atoms with Gasteiger partial charge in [-0.05, 0) is 102 Å². The lowest BCUT2D eigenvalue weighted by molar-refractivity contribution is 0.660. The zero-order valence-electron chi connectivity index (χ0n) is 36.6. The van der Waals surface area contributed by atoms with Gasteiger partial charge in [0.05, 0.1) is 16.8 Å². The first kappa shape index (κ1) is 38.7. The van der Waals surface area contributed by atoms with E-state index in [2.05, 4.69) is 267 Å². The Hall–Kier alpha value is -8.00. The third-order valence-corrected chi connectivity index (χ3v) is 14.2. The fourth-order valence-corrected chi connectivity index (χ4v) is 11.3. The van der Waals surface area contributed by atoms with Crippen molar-refractivity contribution >= 4 is 17.1 Å². The number of nitrogens with zero attached hydrogens (tertiary/aromatic N) is 1. The number of fused-ring (bicyclic) bond motifs is 6. The van der Waals surface area contributed by atoms with Crippen LogP contribution in [0.2, 0.25) is 0 Å². The largest absolute Gasteiger partial charge is 0.309 e. The minimum Gasteiger partial charge on any atom is -0.309 e. The van der Waals surface area contributed by atoms with Crippen LogP contribution in [0, 0.1) is 0 Å². The number of anilines is 3. The lowest BCUT2D eigenvalue weighted by atomic mass is 9.68. The Morgan fingerprint density at radius 3 is 1.38 bits per heavy atom. The molecule has 65 heavy (non-hydrogen) atoms. The second-order valence-corrected chi connectivity index (χ2v) is 17.9. The van der Waals surface area contributed by atoms with E-state index in [0.29, 0.717) is 0 Å². The van der Waals surface area contributed by atoms with Gasteiger partial charge in [0.25, 0.3) is 0 Å². The zero-order valence-corrected chi connectivity index (χ0v) is 36.6. The molecule has 0 saturated heterocycles. The monoisotopic (exact) mass is 829 g/mol. The summed E-state index contributed by atoms with van der Waals surface area (Å²) in [6.07, 6.45) is 0. The van der Waals surface area contributed by atoms with Gasteiger partial charge in [0.2, 0.25) is 0 Å². The average Bonchev–Trinajstić information content (AvgIpc) is 3.81. The molecule has 0 saturated carbocycles. The summed E-state index contributed by atoms with van der Waals surface area (Å²) in [5, 5.41) is 0. The SMILES string of the molecule is CC1(C)c2ccccc2-c2ccc(N(c3cccc(-c4ccccc4)c3-c3ccccc3-c3ccccc3)c3cccc4c3-c3ccccc3C4(c3ccccc3)c3ccccc3)cc21. The molecule has 0 bridgehead atoms. The van der Waals surface area contributed by atoms with E-state index in [9.17, 15) is 0 Å². The van der Waals surface area contributed by atoms with E-state index in [-0.39, 0.29) is 5.41 Å². The van der Waals surface area contributed by atoms with Crippen LogP contribution in [0.3, 0.4) is 0 Å². The molecule has 0 fully saturated rings. The van der Waals surface area contributed by atoms with E-state index in [1.807, 2.05) is 0 Å². The predicted octanol–water partition coefficient (Wildman–Crippen LogP) is 16.8. The van der Waals surface area contributed by atoms with Crippen LogP contribution in [0.4, 0.5) is 17.1 Å². The first-order valence-electron chi connectivity index (χ1n) is 22.8. The second-order valence-electron chi connectivity index (χ2n) is 17.9. The molecular weight excluding hydrogens is 783 g/mol. The molecule has 0 aliphatic heterocycles. The van der Waals surface area contributed by atoms with E-state index < -0.39 is 5.41 Å². The highest BCUT2D eigenvalue weighted by atomic mass is 15.1. The van der Waals surface area contributed by atoms with Crippen LogP contribution < -0.4 is 4.90 Å². The number of benzene rings is 10. The van der Waals surface area contributed by atoms with Crippen LogP contribution >= 0.6 is 0 Å². The Kier molecular flexibility index (Phi) is 9.14. The molecule has 1 nitrogen and oxygen atoms in total. The Morgan fingerprint density at radius 2 is 0.738 bits per heavy atom. The molecule has 0 aromatic heterocycles. The van der Waals surface area contributed by atoms with Gasteiger partial charge in [-0.2, -0.15) is 0 Å². The molecule has 0 unspecified atom stereocenters. The maximum absolute atomic E-state index is 2.59. The van der Waals surface area contributed by atoms with Crippen LogP contribution in [0.15, 0.2) is 249 Å². The van der Waals surface area contributed by atoms with Crippen molar-refractivity contribution in [1.82, 2.24) is 0 Å². The minimum absolute atomic E-state index is 0.191. The van der Waals surface area contributed by atoms with Crippen molar-refractivity contribution < 1.29 is 0 Å².